The zero-order valence-electron chi connectivity index (χ0n) is 11.4. The molecule has 1 fully saturated rings. The molecule has 1 N–H and O–H groups in total. The molecule has 1 aliphatic heterocycles. The third kappa shape index (κ3) is 4.04. The zero-order chi connectivity index (χ0) is 12.0. The van der Waals surface area contributed by atoms with E-state index in [0.717, 1.165) is 19.8 Å². The van der Waals surface area contributed by atoms with E-state index in [4.69, 9.17) is 4.74 Å². The van der Waals surface area contributed by atoms with Crippen LogP contribution in [0.25, 0.3) is 0 Å². The molecular formula is C13H28N2O. The third-order valence-electron chi connectivity index (χ3n) is 3.70. The number of hydrogen-bond donors (Lipinski definition) is 1. The van der Waals surface area contributed by atoms with Gasteiger partial charge in [0.05, 0.1) is 13.2 Å². The Balaban J connectivity index is 2.25. The molecule has 0 spiro atoms. The van der Waals surface area contributed by atoms with E-state index >= 15 is 0 Å². The fourth-order valence-corrected chi connectivity index (χ4v) is 2.39. The first kappa shape index (κ1) is 13.9. The van der Waals surface area contributed by atoms with Crippen molar-refractivity contribution in [2.45, 2.75) is 51.6 Å². The van der Waals surface area contributed by atoms with Gasteiger partial charge in [0.1, 0.15) is 0 Å². The Labute approximate surface area is 101 Å². The Kier molecular flexibility index (Phi) is 5.73. The van der Waals surface area contributed by atoms with Crippen molar-refractivity contribution in [1.82, 2.24) is 10.2 Å². The smallest absolute Gasteiger partial charge is 0.0645 e. The van der Waals surface area contributed by atoms with Gasteiger partial charge in [0.15, 0.2) is 0 Å². The molecule has 0 bridgehead atoms. The molecule has 1 heterocycles. The second-order valence-electron chi connectivity index (χ2n) is 5.39. The molecular weight excluding hydrogens is 200 g/mol. The summed E-state index contributed by atoms with van der Waals surface area (Å²) >= 11 is 0. The highest BCUT2D eigenvalue weighted by Crippen LogP contribution is 2.19. The van der Waals surface area contributed by atoms with E-state index < -0.39 is 0 Å². The van der Waals surface area contributed by atoms with Crippen LogP contribution in [0.3, 0.4) is 0 Å². The first-order valence-corrected chi connectivity index (χ1v) is 6.60. The van der Waals surface area contributed by atoms with Gasteiger partial charge in [0.25, 0.3) is 0 Å². The summed E-state index contributed by atoms with van der Waals surface area (Å²) in [5.41, 5.74) is 0.222. The van der Waals surface area contributed by atoms with Crippen molar-refractivity contribution in [3.05, 3.63) is 0 Å². The van der Waals surface area contributed by atoms with Crippen molar-refractivity contribution in [3.63, 3.8) is 0 Å². The monoisotopic (exact) mass is 228 g/mol. The minimum atomic E-state index is 0.222. The van der Waals surface area contributed by atoms with Crippen molar-refractivity contribution in [1.29, 1.82) is 0 Å². The summed E-state index contributed by atoms with van der Waals surface area (Å²) in [5.74, 6) is 0. The van der Waals surface area contributed by atoms with Crippen LogP contribution in [0.1, 0.15) is 40.0 Å². The minimum Gasteiger partial charge on any atom is -0.378 e. The maximum absolute atomic E-state index is 5.53. The molecule has 1 unspecified atom stereocenters. The van der Waals surface area contributed by atoms with Crippen LogP contribution in [0.15, 0.2) is 0 Å². The van der Waals surface area contributed by atoms with E-state index in [9.17, 15) is 0 Å². The predicted molar refractivity (Wildman–Crippen MR) is 68.8 cm³/mol. The van der Waals surface area contributed by atoms with Crippen LogP contribution in [0.2, 0.25) is 0 Å². The van der Waals surface area contributed by atoms with Crippen molar-refractivity contribution in [2.75, 3.05) is 33.4 Å². The quantitative estimate of drug-likeness (QED) is 0.751. The molecule has 3 nitrogen and oxygen atoms in total. The van der Waals surface area contributed by atoms with Gasteiger partial charge in [0.2, 0.25) is 0 Å². The lowest BCUT2D eigenvalue weighted by Gasteiger charge is -2.42. The van der Waals surface area contributed by atoms with Gasteiger partial charge in [-0.25, -0.2) is 0 Å². The number of ether oxygens (including phenoxy) is 1. The Hall–Kier alpha value is -0.120. The summed E-state index contributed by atoms with van der Waals surface area (Å²) < 4.78 is 5.53. The maximum Gasteiger partial charge on any atom is 0.0645 e. The molecule has 1 aliphatic rings. The lowest BCUT2D eigenvalue weighted by atomic mass is 10.0. The maximum atomic E-state index is 5.53. The second-order valence-corrected chi connectivity index (χ2v) is 5.39. The summed E-state index contributed by atoms with van der Waals surface area (Å²) in [4.78, 5) is 2.57. The standard InChI is InChI=1S/C13H28N2O/c1-5-12(14-4)7-6-8-15-9-10-16-11-13(15,2)3/h12,14H,5-11H2,1-4H3. The lowest BCUT2D eigenvalue weighted by molar-refractivity contribution is -0.0515. The molecule has 0 aromatic heterocycles. The summed E-state index contributed by atoms with van der Waals surface area (Å²) in [6.07, 6.45) is 3.78. The van der Waals surface area contributed by atoms with Crippen LogP contribution >= 0.6 is 0 Å². The van der Waals surface area contributed by atoms with Crippen molar-refractivity contribution in [2.24, 2.45) is 0 Å². The first-order chi connectivity index (χ1) is 7.60. The molecule has 1 saturated heterocycles. The molecule has 0 aromatic carbocycles. The number of nitrogens with one attached hydrogen (secondary N) is 1. The number of hydrogen-bond acceptors (Lipinski definition) is 3. The van der Waals surface area contributed by atoms with Crippen molar-refractivity contribution < 1.29 is 4.74 Å². The molecule has 0 aromatic rings. The summed E-state index contributed by atoms with van der Waals surface area (Å²) in [7, 11) is 2.06. The Morgan fingerprint density at radius 1 is 1.44 bits per heavy atom. The van der Waals surface area contributed by atoms with Crippen LogP contribution in [-0.4, -0.2) is 49.8 Å². The van der Waals surface area contributed by atoms with Gasteiger partial charge in [-0.05, 0) is 46.7 Å². The van der Waals surface area contributed by atoms with E-state index in [0.29, 0.717) is 6.04 Å². The zero-order valence-corrected chi connectivity index (χ0v) is 11.4. The largest absolute Gasteiger partial charge is 0.378 e. The molecule has 0 amide bonds. The topological polar surface area (TPSA) is 24.5 Å². The van der Waals surface area contributed by atoms with E-state index in [1.807, 2.05) is 0 Å². The van der Waals surface area contributed by atoms with Crippen LogP contribution in [-0.2, 0) is 4.74 Å². The third-order valence-corrected chi connectivity index (χ3v) is 3.70. The summed E-state index contributed by atoms with van der Waals surface area (Å²) in [6, 6.07) is 0.684. The van der Waals surface area contributed by atoms with E-state index in [-0.39, 0.29) is 5.54 Å². The van der Waals surface area contributed by atoms with Gasteiger partial charge in [0, 0.05) is 18.1 Å². The number of nitrogens with zero attached hydrogens (tertiary/aromatic N) is 1. The highest BCUT2D eigenvalue weighted by atomic mass is 16.5. The average Bonchev–Trinajstić information content (AvgIpc) is 2.26. The normalized spacial score (nSPS) is 23.2. The SMILES string of the molecule is CCC(CCCN1CCOCC1(C)C)NC. The molecule has 1 rings (SSSR count). The van der Waals surface area contributed by atoms with Crippen molar-refractivity contribution in [3.8, 4) is 0 Å². The van der Waals surface area contributed by atoms with Gasteiger partial charge in [-0.15, -0.1) is 0 Å². The molecule has 0 radical (unpaired) electrons. The first-order valence-electron chi connectivity index (χ1n) is 6.60. The average molecular weight is 228 g/mol. The predicted octanol–water partition coefficient (Wildman–Crippen LogP) is 1.88. The Morgan fingerprint density at radius 2 is 2.19 bits per heavy atom. The van der Waals surface area contributed by atoms with E-state index in [2.05, 4.69) is 38.0 Å². The van der Waals surface area contributed by atoms with Crippen molar-refractivity contribution >= 4 is 0 Å². The number of rotatable bonds is 6. The fourth-order valence-electron chi connectivity index (χ4n) is 2.39. The van der Waals surface area contributed by atoms with Gasteiger partial charge in [-0.3, -0.25) is 4.90 Å². The Morgan fingerprint density at radius 3 is 2.75 bits per heavy atom. The van der Waals surface area contributed by atoms with Crippen LogP contribution in [0, 0.1) is 0 Å². The van der Waals surface area contributed by atoms with Crippen LogP contribution in [0.5, 0.6) is 0 Å². The minimum absolute atomic E-state index is 0.222. The highest BCUT2D eigenvalue weighted by Gasteiger charge is 2.29. The van der Waals surface area contributed by atoms with Crippen LogP contribution < -0.4 is 5.32 Å². The molecule has 0 saturated carbocycles. The molecule has 16 heavy (non-hydrogen) atoms. The summed E-state index contributed by atoms with van der Waals surface area (Å²) in [6.45, 7) is 10.9. The van der Waals surface area contributed by atoms with Crippen LogP contribution in [0.4, 0.5) is 0 Å². The highest BCUT2D eigenvalue weighted by molar-refractivity contribution is 4.84. The molecule has 1 atom stereocenters. The lowest BCUT2D eigenvalue weighted by Crippen LogP contribution is -2.53. The van der Waals surface area contributed by atoms with Gasteiger partial charge < -0.3 is 10.1 Å². The van der Waals surface area contributed by atoms with Gasteiger partial charge in [-0.2, -0.15) is 0 Å². The second kappa shape index (κ2) is 6.58. The van der Waals surface area contributed by atoms with E-state index in [1.54, 1.807) is 0 Å². The Bertz CT molecular complexity index is 190. The fraction of sp³-hybridized carbons (Fsp3) is 1.00. The molecule has 96 valence electrons. The van der Waals surface area contributed by atoms with Gasteiger partial charge >= 0.3 is 0 Å². The molecule has 3 heteroatoms. The van der Waals surface area contributed by atoms with E-state index in [1.165, 1.54) is 25.8 Å². The molecule has 0 aliphatic carbocycles. The van der Waals surface area contributed by atoms with Gasteiger partial charge in [-0.1, -0.05) is 6.92 Å². The summed E-state index contributed by atoms with van der Waals surface area (Å²) in [5, 5.41) is 3.37. The number of morpholine rings is 1.